The van der Waals surface area contributed by atoms with Gasteiger partial charge in [0.25, 0.3) is 0 Å². The summed E-state index contributed by atoms with van der Waals surface area (Å²) in [5.41, 5.74) is 9.06. The molecule has 7 heteroatoms. The van der Waals surface area contributed by atoms with Gasteiger partial charge in [-0.3, -0.25) is 14.6 Å². The summed E-state index contributed by atoms with van der Waals surface area (Å²) in [4.78, 5) is 30.9. The first kappa shape index (κ1) is 22.0. The number of ketones is 1. The molecular weight excluding hydrogens is 421 g/mol. The standard InChI is InChI=1S/C26H22FN3O3/c1-16-2-7-23(27)18(10-16)12-20(31)11-17-3-5-21(6-4-17)33-22-8-9-29-25(14-22)24-13-19(15-30-24)26(28)32/h2-10,13-15,30H,11-12H2,1H3,(H2,28,32). The van der Waals surface area contributed by atoms with Gasteiger partial charge in [-0.2, -0.15) is 0 Å². The van der Waals surface area contributed by atoms with E-state index in [1.54, 1.807) is 48.7 Å². The van der Waals surface area contributed by atoms with Crippen LogP contribution < -0.4 is 10.5 Å². The number of benzene rings is 2. The van der Waals surface area contributed by atoms with Crippen molar-refractivity contribution < 1.29 is 18.7 Å². The highest BCUT2D eigenvalue weighted by Gasteiger charge is 2.11. The largest absolute Gasteiger partial charge is 0.457 e. The quantitative estimate of drug-likeness (QED) is 0.410. The molecule has 0 aliphatic rings. The van der Waals surface area contributed by atoms with Crippen LogP contribution in [0.1, 0.15) is 27.0 Å². The van der Waals surface area contributed by atoms with Gasteiger partial charge in [-0.05, 0) is 48.4 Å². The van der Waals surface area contributed by atoms with Gasteiger partial charge in [0.15, 0.2) is 0 Å². The number of hydrogen-bond acceptors (Lipinski definition) is 4. The number of nitrogens with two attached hydrogens (primary N) is 1. The van der Waals surface area contributed by atoms with E-state index in [-0.39, 0.29) is 24.4 Å². The van der Waals surface area contributed by atoms with Crippen LogP contribution in [-0.4, -0.2) is 21.7 Å². The van der Waals surface area contributed by atoms with Gasteiger partial charge in [0.1, 0.15) is 23.1 Å². The van der Waals surface area contributed by atoms with Crippen LogP contribution in [0.3, 0.4) is 0 Å². The zero-order valence-electron chi connectivity index (χ0n) is 18.0. The fraction of sp³-hybridized carbons (Fsp3) is 0.115. The molecule has 0 saturated heterocycles. The molecular formula is C26H22FN3O3. The number of aromatic nitrogens is 2. The second kappa shape index (κ2) is 9.48. The molecule has 2 aromatic heterocycles. The molecule has 4 aromatic rings. The van der Waals surface area contributed by atoms with Crippen molar-refractivity contribution in [3.05, 3.63) is 101 Å². The van der Waals surface area contributed by atoms with Gasteiger partial charge >= 0.3 is 0 Å². The molecule has 6 nitrogen and oxygen atoms in total. The Labute approximate surface area is 190 Å². The van der Waals surface area contributed by atoms with E-state index in [4.69, 9.17) is 10.5 Å². The Morgan fingerprint density at radius 3 is 2.52 bits per heavy atom. The number of aromatic amines is 1. The number of nitrogens with one attached hydrogen (secondary N) is 1. The number of H-pyrrole nitrogens is 1. The summed E-state index contributed by atoms with van der Waals surface area (Å²) in [7, 11) is 0. The number of aryl methyl sites for hydroxylation is 1. The Kier molecular flexibility index (Phi) is 6.31. The highest BCUT2D eigenvalue weighted by Crippen LogP contribution is 2.26. The third-order valence-electron chi connectivity index (χ3n) is 5.12. The third-order valence-corrected chi connectivity index (χ3v) is 5.12. The van der Waals surface area contributed by atoms with Gasteiger partial charge in [-0.25, -0.2) is 4.39 Å². The van der Waals surface area contributed by atoms with Crippen LogP contribution in [0, 0.1) is 12.7 Å². The fourth-order valence-electron chi connectivity index (χ4n) is 3.46. The van der Waals surface area contributed by atoms with Crippen LogP contribution in [0.15, 0.2) is 73.1 Å². The third kappa shape index (κ3) is 5.51. The smallest absolute Gasteiger partial charge is 0.250 e. The number of rotatable bonds is 8. The summed E-state index contributed by atoms with van der Waals surface area (Å²) in [5.74, 6) is 0.215. The first-order valence-corrected chi connectivity index (χ1v) is 10.4. The second-order valence-electron chi connectivity index (χ2n) is 7.78. The maximum Gasteiger partial charge on any atom is 0.250 e. The van der Waals surface area contributed by atoms with Gasteiger partial charge in [0.05, 0.1) is 17.0 Å². The zero-order chi connectivity index (χ0) is 23.4. The summed E-state index contributed by atoms with van der Waals surface area (Å²) in [5, 5.41) is 0. The van der Waals surface area contributed by atoms with E-state index in [1.165, 1.54) is 12.3 Å². The molecule has 3 N–H and O–H groups in total. The lowest BCUT2D eigenvalue weighted by atomic mass is 10.0. The van der Waals surface area contributed by atoms with Crippen molar-refractivity contribution in [3.63, 3.8) is 0 Å². The van der Waals surface area contributed by atoms with Gasteiger partial charge < -0.3 is 15.5 Å². The molecule has 1 amide bonds. The number of pyridine rings is 1. The predicted octanol–water partition coefficient (Wildman–Crippen LogP) is 4.77. The molecule has 0 aliphatic heterocycles. The maximum atomic E-state index is 13.9. The topological polar surface area (TPSA) is 98.1 Å². The molecule has 166 valence electrons. The molecule has 33 heavy (non-hydrogen) atoms. The van der Waals surface area contributed by atoms with Crippen LogP contribution in [0.2, 0.25) is 0 Å². The molecule has 0 saturated carbocycles. The molecule has 0 unspecified atom stereocenters. The molecule has 0 fully saturated rings. The minimum absolute atomic E-state index is 0.0573. The van der Waals surface area contributed by atoms with E-state index in [9.17, 15) is 14.0 Å². The van der Waals surface area contributed by atoms with Crippen molar-refractivity contribution in [2.24, 2.45) is 5.73 Å². The summed E-state index contributed by atoms with van der Waals surface area (Å²) in [6.07, 6.45) is 3.40. The summed E-state index contributed by atoms with van der Waals surface area (Å²) in [6.45, 7) is 1.87. The molecule has 2 heterocycles. The SMILES string of the molecule is Cc1ccc(F)c(CC(=O)Cc2ccc(Oc3ccnc(-c4cc(C(N)=O)c[nH]4)c3)cc2)c1. The normalized spacial score (nSPS) is 10.7. The number of ether oxygens (including phenoxy) is 1. The van der Waals surface area contributed by atoms with E-state index in [2.05, 4.69) is 9.97 Å². The van der Waals surface area contributed by atoms with Gasteiger partial charge in [0, 0.05) is 31.3 Å². The first-order chi connectivity index (χ1) is 15.9. The molecule has 4 rings (SSSR count). The molecule has 0 aliphatic carbocycles. The average molecular weight is 443 g/mol. The number of carbonyl (C=O) groups excluding carboxylic acids is 2. The van der Waals surface area contributed by atoms with E-state index < -0.39 is 5.91 Å². The number of nitrogens with zero attached hydrogens (tertiary/aromatic N) is 1. The minimum Gasteiger partial charge on any atom is -0.457 e. The lowest BCUT2D eigenvalue weighted by Gasteiger charge is -2.08. The molecule has 0 radical (unpaired) electrons. The van der Waals surface area contributed by atoms with Gasteiger partial charge in [-0.15, -0.1) is 0 Å². The van der Waals surface area contributed by atoms with Crippen molar-refractivity contribution in [1.29, 1.82) is 0 Å². The van der Waals surface area contributed by atoms with Crippen LogP contribution >= 0.6 is 0 Å². The van der Waals surface area contributed by atoms with Crippen molar-refractivity contribution >= 4 is 11.7 Å². The first-order valence-electron chi connectivity index (χ1n) is 10.4. The lowest BCUT2D eigenvalue weighted by molar-refractivity contribution is -0.117. The van der Waals surface area contributed by atoms with Crippen LogP contribution in [-0.2, 0) is 17.6 Å². The highest BCUT2D eigenvalue weighted by molar-refractivity contribution is 5.93. The van der Waals surface area contributed by atoms with Gasteiger partial charge in [0.2, 0.25) is 5.91 Å². The van der Waals surface area contributed by atoms with Crippen LogP contribution in [0.25, 0.3) is 11.4 Å². The van der Waals surface area contributed by atoms with Crippen molar-refractivity contribution in [3.8, 4) is 22.9 Å². The number of hydrogen-bond donors (Lipinski definition) is 2. The van der Waals surface area contributed by atoms with E-state index >= 15 is 0 Å². The minimum atomic E-state index is -0.521. The van der Waals surface area contributed by atoms with E-state index in [0.29, 0.717) is 34.0 Å². The number of amides is 1. The monoisotopic (exact) mass is 443 g/mol. The van der Waals surface area contributed by atoms with E-state index in [1.807, 2.05) is 19.1 Å². The predicted molar refractivity (Wildman–Crippen MR) is 123 cm³/mol. The summed E-state index contributed by atoms with van der Waals surface area (Å²) in [6, 6.07) is 17.0. The average Bonchev–Trinajstić information content (AvgIpc) is 3.29. The Morgan fingerprint density at radius 2 is 1.79 bits per heavy atom. The van der Waals surface area contributed by atoms with Gasteiger partial charge in [-0.1, -0.05) is 29.8 Å². The lowest BCUT2D eigenvalue weighted by Crippen LogP contribution is -2.09. The molecule has 0 spiro atoms. The number of halogens is 1. The Hall–Kier alpha value is -4.26. The van der Waals surface area contributed by atoms with Crippen LogP contribution in [0.4, 0.5) is 4.39 Å². The number of Topliss-reactive ketones (excluding diaryl/α,β-unsaturated/α-hetero) is 1. The Balaban J connectivity index is 1.40. The molecule has 0 atom stereocenters. The summed E-state index contributed by atoms with van der Waals surface area (Å²) >= 11 is 0. The Morgan fingerprint density at radius 1 is 1.00 bits per heavy atom. The Bertz CT molecular complexity index is 1310. The highest BCUT2D eigenvalue weighted by atomic mass is 19.1. The summed E-state index contributed by atoms with van der Waals surface area (Å²) < 4.78 is 19.8. The number of carbonyl (C=O) groups is 2. The maximum absolute atomic E-state index is 13.9. The van der Waals surface area contributed by atoms with Crippen LogP contribution in [0.5, 0.6) is 11.5 Å². The second-order valence-corrected chi connectivity index (χ2v) is 7.78. The molecule has 2 aromatic carbocycles. The van der Waals surface area contributed by atoms with Crippen molar-refractivity contribution in [1.82, 2.24) is 9.97 Å². The van der Waals surface area contributed by atoms with Crippen molar-refractivity contribution in [2.45, 2.75) is 19.8 Å². The van der Waals surface area contributed by atoms with E-state index in [0.717, 1.165) is 11.1 Å². The zero-order valence-corrected chi connectivity index (χ0v) is 18.0. The number of primary amides is 1. The fourth-order valence-corrected chi connectivity index (χ4v) is 3.46. The molecule has 0 bridgehead atoms. The van der Waals surface area contributed by atoms with Crippen molar-refractivity contribution in [2.75, 3.05) is 0 Å².